The lowest BCUT2D eigenvalue weighted by atomic mass is 9.96. The van der Waals surface area contributed by atoms with Crippen LogP contribution in [0.4, 0.5) is 5.69 Å². The Morgan fingerprint density at radius 3 is 2.78 bits per heavy atom. The first-order valence-electron chi connectivity index (χ1n) is 10.3. The lowest BCUT2D eigenvalue weighted by Crippen LogP contribution is -2.41. The molecule has 0 radical (unpaired) electrons. The average molecular weight is 437 g/mol. The number of aromatic nitrogens is 3. The van der Waals surface area contributed by atoms with Crippen LogP contribution in [0.5, 0.6) is 5.75 Å². The van der Waals surface area contributed by atoms with Crippen LogP contribution in [0, 0.1) is 0 Å². The Labute approximate surface area is 183 Å². The molecular formula is C22H23N5O5. The molecule has 2 aromatic heterocycles. The predicted molar refractivity (Wildman–Crippen MR) is 114 cm³/mol. The molecule has 32 heavy (non-hydrogen) atoms. The molecule has 0 spiro atoms. The van der Waals surface area contributed by atoms with Crippen LogP contribution in [0.25, 0.3) is 0 Å². The maximum Gasteiger partial charge on any atom is 0.296 e. The SMILES string of the molecule is Cn1c(C2CCCN(C(=O)Cc3ccccc3)C2)nc(C(=O)Nc2cnoc2)c(O)c1=O. The molecular weight excluding hydrogens is 414 g/mol. The lowest BCUT2D eigenvalue weighted by Gasteiger charge is -2.33. The van der Waals surface area contributed by atoms with E-state index in [1.54, 1.807) is 4.90 Å². The van der Waals surface area contributed by atoms with Crippen LogP contribution in [0.2, 0.25) is 0 Å². The number of amides is 2. The van der Waals surface area contributed by atoms with Crippen molar-refractivity contribution in [2.24, 2.45) is 7.05 Å². The second-order valence-electron chi connectivity index (χ2n) is 7.74. The first-order chi connectivity index (χ1) is 15.4. The monoisotopic (exact) mass is 437 g/mol. The van der Waals surface area contributed by atoms with E-state index < -0.39 is 17.2 Å². The molecule has 1 aliphatic rings. The third-order valence-electron chi connectivity index (χ3n) is 5.54. The molecule has 2 amide bonds. The van der Waals surface area contributed by atoms with Crippen LogP contribution in [-0.2, 0) is 18.3 Å². The van der Waals surface area contributed by atoms with E-state index in [9.17, 15) is 19.5 Å². The van der Waals surface area contributed by atoms with E-state index in [-0.39, 0.29) is 23.2 Å². The van der Waals surface area contributed by atoms with Gasteiger partial charge in [-0.3, -0.25) is 19.0 Å². The highest BCUT2D eigenvalue weighted by molar-refractivity contribution is 6.04. The summed E-state index contributed by atoms with van der Waals surface area (Å²) in [4.78, 5) is 44.1. The van der Waals surface area contributed by atoms with E-state index in [4.69, 9.17) is 0 Å². The van der Waals surface area contributed by atoms with Gasteiger partial charge in [0.25, 0.3) is 11.5 Å². The number of carbonyl (C=O) groups is 2. The van der Waals surface area contributed by atoms with Gasteiger partial charge in [0, 0.05) is 26.1 Å². The number of nitrogens with zero attached hydrogens (tertiary/aromatic N) is 4. The normalized spacial score (nSPS) is 16.0. The zero-order valence-corrected chi connectivity index (χ0v) is 17.5. The standard InChI is InChI=1S/C22H23N5O5/c1-26-20(25-18(19(29)22(26)31)21(30)24-16-11-23-32-13-16)15-8-5-9-27(12-15)17(28)10-14-6-3-2-4-7-14/h2-4,6-7,11,13,15,29H,5,8-10,12H2,1H3,(H,24,30). The van der Waals surface area contributed by atoms with Gasteiger partial charge in [0.05, 0.1) is 12.6 Å². The van der Waals surface area contributed by atoms with Crippen LogP contribution >= 0.6 is 0 Å². The number of carbonyl (C=O) groups excluding carboxylic acids is 2. The zero-order chi connectivity index (χ0) is 22.7. The largest absolute Gasteiger partial charge is 0.501 e. The number of benzene rings is 1. The number of nitrogens with one attached hydrogen (secondary N) is 1. The quantitative estimate of drug-likeness (QED) is 0.621. The Balaban J connectivity index is 1.56. The summed E-state index contributed by atoms with van der Waals surface area (Å²) in [5, 5.41) is 16.2. The number of likely N-dealkylation sites (tertiary alicyclic amines) is 1. The minimum absolute atomic E-state index is 0.00453. The molecule has 10 nitrogen and oxygen atoms in total. The minimum atomic E-state index is -0.752. The fraction of sp³-hybridized carbons (Fsp3) is 0.318. The molecule has 3 heterocycles. The maximum absolute atomic E-state index is 12.8. The van der Waals surface area contributed by atoms with Gasteiger partial charge < -0.3 is 19.8 Å². The van der Waals surface area contributed by atoms with E-state index in [1.165, 1.54) is 24.1 Å². The minimum Gasteiger partial charge on any atom is -0.501 e. The number of piperidine rings is 1. The Morgan fingerprint density at radius 1 is 1.28 bits per heavy atom. The molecule has 0 bridgehead atoms. The first-order valence-corrected chi connectivity index (χ1v) is 10.3. The van der Waals surface area contributed by atoms with Crippen LogP contribution in [0.15, 0.2) is 52.1 Å². The van der Waals surface area contributed by atoms with Crippen molar-refractivity contribution in [1.82, 2.24) is 19.6 Å². The molecule has 166 valence electrons. The summed E-state index contributed by atoms with van der Waals surface area (Å²) < 4.78 is 5.91. The van der Waals surface area contributed by atoms with Gasteiger partial charge in [-0.05, 0) is 18.4 Å². The highest BCUT2D eigenvalue weighted by atomic mass is 16.5. The summed E-state index contributed by atoms with van der Waals surface area (Å²) in [5.74, 6) is -1.39. The predicted octanol–water partition coefficient (Wildman–Crippen LogP) is 1.67. The summed E-state index contributed by atoms with van der Waals surface area (Å²) in [6.45, 7) is 0.998. The van der Waals surface area contributed by atoms with Crippen molar-refractivity contribution in [3.8, 4) is 5.75 Å². The van der Waals surface area contributed by atoms with E-state index >= 15 is 0 Å². The van der Waals surface area contributed by atoms with Gasteiger partial charge in [-0.25, -0.2) is 4.98 Å². The van der Waals surface area contributed by atoms with Crippen LogP contribution < -0.4 is 10.9 Å². The second-order valence-corrected chi connectivity index (χ2v) is 7.74. The number of rotatable bonds is 5. The van der Waals surface area contributed by atoms with Crippen molar-refractivity contribution >= 4 is 17.5 Å². The van der Waals surface area contributed by atoms with Crippen molar-refractivity contribution in [2.45, 2.75) is 25.2 Å². The molecule has 0 saturated carbocycles. The van der Waals surface area contributed by atoms with Crippen molar-refractivity contribution in [2.75, 3.05) is 18.4 Å². The van der Waals surface area contributed by atoms with Crippen molar-refractivity contribution in [3.63, 3.8) is 0 Å². The van der Waals surface area contributed by atoms with Crippen molar-refractivity contribution in [3.05, 3.63) is 70.2 Å². The number of hydrogen-bond acceptors (Lipinski definition) is 7. The molecule has 3 aromatic rings. The summed E-state index contributed by atoms with van der Waals surface area (Å²) in [6.07, 6.45) is 4.24. The molecule has 1 unspecified atom stereocenters. The summed E-state index contributed by atoms with van der Waals surface area (Å²) in [5.41, 5.74) is 0.103. The number of anilines is 1. The van der Waals surface area contributed by atoms with E-state index in [0.717, 1.165) is 12.0 Å². The topological polar surface area (TPSA) is 131 Å². The van der Waals surface area contributed by atoms with Gasteiger partial charge in [-0.1, -0.05) is 35.5 Å². The highest BCUT2D eigenvalue weighted by Gasteiger charge is 2.30. The maximum atomic E-state index is 12.8. The third kappa shape index (κ3) is 4.39. The van der Waals surface area contributed by atoms with Gasteiger partial charge in [-0.15, -0.1) is 0 Å². The summed E-state index contributed by atoms with van der Waals surface area (Å²) in [6, 6.07) is 9.50. The van der Waals surface area contributed by atoms with Crippen molar-refractivity contribution < 1.29 is 19.2 Å². The lowest BCUT2D eigenvalue weighted by molar-refractivity contribution is -0.131. The Kier molecular flexibility index (Phi) is 6.02. The zero-order valence-electron chi connectivity index (χ0n) is 17.5. The number of aromatic hydroxyl groups is 1. The van der Waals surface area contributed by atoms with E-state index in [0.29, 0.717) is 31.8 Å². The van der Waals surface area contributed by atoms with Gasteiger partial charge in [0.15, 0.2) is 5.69 Å². The van der Waals surface area contributed by atoms with Gasteiger partial charge in [-0.2, -0.15) is 0 Å². The summed E-state index contributed by atoms with van der Waals surface area (Å²) in [7, 11) is 1.50. The van der Waals surface area contributed by atoms with E-state index in [1.807, 2.05) is 30.3 Å². The highest BCUT2D eigenvalue weighted by Crippen LogP contribution is 2.27. The molecule has 1 saturated heterocycles. The second kappa shape index (κ2) is 9.04. The third-order valence-corrected chi connectivity index (χ3v) is 5.54. The number of hydrogen-bond donors (Lipinski definition) is 2. The average Bonchev–Trinajstić information content (AvgIpc) is 3.31. The molecule has 4 rings (SSSR count). The molecule has 1 aromatic carbocycles. The summed E-state index contributed by atoms with van der Waals surface area (Å²) >= 11 is 0. The van der Waals surface area contributed by atoms with Gasteiger partial charge >= 0.3 is 0 Å². The Morgan fingerprint density at radius 2 is 2.06 bits per heavy atom. The molecule has 1 fully saturated rings. The molecule has 1 atom stereocenters. The Bertz CT molecular complexity index is 1170. The van der Waals surface area contributed by atoms with Crippen LogP contribution in [0.1, 0.15) is 40.6 Å². The fourth-order valence-corrected chi connectivity index (χ4v) is 3.88. The molecule has 0 aliphatic carbocycles. The Hall–Kier alpha value is -3.95. The molecule has 2 N–H and O–H groups in total. The van der Waals surface area contributed by atoms with Crippen LogP contribution in [-0.4, -0.2) is 49.6 Å². The van der Waals surface area contributed by atoms with Gasteiger partial charge in [0.2, 0.25) is 11.7 Å². The van der Waals surface area contributed by atoms with Crippen molar-refractivity contribution in [1.29, 1.82) is 0 Å². The fourth-order valence-electron chi connectivity index (χ4n) is 3.88. The van der Waals surface area contributed by atoms with Gasteiger partial charge in [0.1, 0.15) is 17.8 Å². The molecule has 1 aliphatic heterocycles. The van der Waals surface area contributed by atoms with Crippen LogP contribution in [0.3, 0.4) is 0 Å². The first kappa shape index (κ1) is 21.3. The smallest absolute Gasteiger partial charge is 0.296 e. The molecule has 10 heteroatoms. The van der Waals surface area contributed by atoms with E-state index in [2.05, 4.69) is 20.0 Å².